The highest BCUT2D eigenvalue weighted by Crippen LogP contribution is 2.42. The SMILES string of the molecule is CC.CC(C)c1c(Br)cc(C(F)(F)F)c(O)c1F. The van der Waals surface area contributed by atoms with Crippen molar-refractivity contribution in [3.8, 4) is 5.75 Å². The van der Waals surface area contributed by atoms with Crippen LogP contribution in [0.1, 0.15) is 44.7 Å². The summed E-state index contributed by atoms with van der Waals surface area (Å²) < 4.78 is 50.7. The van der Waals surface area contributed by atoms with E-state index in [1.165, 1.54) is 0 Å². The molecule has 0 unspecified atom stereocenters. The molecule has 0 saturated carbocycles. The van der Waals surface area contributed by atoms with Crippen molar-refractivity contribution in [2.75, 3.05) is 0 Å². The molecule has 0 aromatic heterocycles. The van der Waals surface area contributed by atoms with Crippen molar-refractivity contribution in [3.63, 3.8) is 0 Å². The van der Waals surface area contributed by atoms with Crippen molar-refractivity contribution < 1.29 is 22.7 Å². The van der Waals surface area contributed by atoms with Crippen molar-refractivity contribution >= 4 is 15.9 Å². The molecule has 18 heavy (non-hydrogen) atoms. The topological polar surface area (TPSA) is 20.2 Å². The highest BCUT2D eigenvalue weighted by atomic mass is 79.9. The summed E-state index contributed by atoms with van der Waals surface area (Å²) >= 11 is 2.87. The Bertz CT molecular complexity index is 414. The van der Waals surface area contributed by atoms with E-state index in [1.807, 2.05) is 13.8 Å². The predicted molar refractivity (Wildman–Crippen MR) is 66.2 cm³/mol. The molecule has 0 spiro atoms. The van der Waals surface area contributed by atoms with Crippen LogP contribution >= 0.6 is 15.9 Å². The van der Waals surface area contributed by atoms with Gasteiger partial charge in [0.15, 0.2) is 11.6 Å². The Morgan fingerprint density at radius 3 is 2.00 bits per heavy atom. The molecule has 104 valence electrons. The first kappa shape index (κ1) is 17.2. The fourth-order valence-electron chi connectivity index (χ4n) is 1.37. The Morgan fingerprint density at radius 1 is 1.22 bits per heavy atom. The monoisotopic (exact) mass is 330 g/mol. The molecule has 0 saturated heterocycles. The highest BCUT2D eigenvalue weighted by molar-refractivity contribution is 9.10. The molecule has 0 aliphatic heterocycles. The van der Waals surface area contributed by atoms with Crippen LogP contribution in [-0.4, -0.2) is 5.11 Å². The Morgan fingerprint density at radius 2 is 1.67 bits per heavy atom. The third kappa shape index (κ3) is 3.60. The maximum Gasteiger partial charge on any atom is 0.420 e. The lowest BCUT2D eigenvalue weighted by Crippen LogP contribution is -2.08. The molecule has 0 aliphatic carbocycles. The van der Waals surface area contributed by atoms with Crippen molar-refractivity contribution in [1.29, 1.82) is 0 Å². The van der Waals surface area contributed by atoms with Gasteiger partial charge < -0.3 is 5.11 Å². The first-order valence-corrected chi connectivity index (χ1v) is 6.23. The largest absolute Gasteiger partial charge is 0.504 e. The molecule has 0 fully saturated rings. The van der Waals surface area contributed by atoms with Crippen LogP contribution in [0.2, 0.25) is 0 Å². The quantitative estimate of drug-likeness (QED) is 0.677. The minimum Gasteiger partial charge on any atom is -0.504 e. The maximum atomic E-state index is 13.5. The van der Waals surface area contributed by atoms with Gasteiger partial charge in [0.05, 0.1) is 0 Å². The van der Waals surface area contributed by atoms with Crippen LogP contribution in [-0.2, 0) is 6.18 Å². The molecule has 1 aromatic rings. The van der Waals surface area contributed by atoms with E-state index in [1.54, 1.807) is 13.8 Å². The third-order valence-corrected chi connectivity index (χ3v) is 2.77. The maximum absolute atomic E-state index is 13.5. The molecule has 1 nitrogen and oxygen atoms in total. The molecular weight excluding hydrogens is 316 g/mol. The number of benzene rings is 1. The van der Waals surface area contributed by atoms with Crippen molar-refractivity contribution in [2.24, 2.45) is 0 Å². The molecule has 0 radical (unpaired) electrons. The Hall–Kier alpha value is -0.780. The van der Waals surface area contributed by atoms with Gasteiger partial charge >= 0.3 is 6.18 Å². The van der Waals surface area contributed by atoms with E-state index in [0.29, 0.717) is 6.07 Å². The molecule has 0 amide bonds. The van der Waals surface area contributed by atoms with Gasteiger partial charge in [0.1, 0.15) is 5.56 Å². The summed E-state index contributed by atoms with van der Waals surface area (Å²) in [6, 6.07) is 0.688. The van der Waals surface area contributed by atoms with Gasteiger partial charge in [-0.3, -0.25) is 0 Å². The first-order chi connectivity index (χ1) is 8.16. The molecule has 1 aromatic carbocycles. The number of rotatable bonds is 1. The van der Waals surface area contributed by atoms with Crippen LogP contribution in [0.5, 0.6) is 5.75 Å². The van der Waals surface area contributed by atoms with Gasteiger partial charge in [-0.2, -0.15) is 13.2 Å². The zero-order valence-electron chi connectivity index (χ0n) is 10.5. The lowest BCUT2D eigenvalue weighted by Gasteiger charge is -2.15. The first-order valence-electron chi connectivity index (χ1n) is 5.44. The van der Waals surface area contributed by atoms with Crippen LogP contribution in [0.15, 0.2) is 10.5 Å². The average molecular weight is 331 g/mol. The normalized spacial score (nSPS) is 11.2. The van der Waals surface area contributed by atoms with Crippen LogP contribution in [0, 0.1) is 5.82 Å². The lowest BCUT2D eigenvalue weighted by molar-refractivity contribution is -0.139. The van der Waals surface area contributed by atoms with Crippen molar-refractivity contribution in [2.45, 2.75) is 39.8 Å². The molecular formula is C12H15BrF4O. The number of phenolic OH excluding ortho intramolecular Hbond substituents is 1. The van der Waals surface area contributed by atoms with E-state index < -0.39 is 23.3 Å². The van der Waals surface area contributed by atoms with E-state index in [2.05, 4.69) is 15.9 Å². The van der Waals surface area contributed by atoms with E-state index in [-0.39, 0.29) is 16.0 Å². The molecule has 0 aliphatic rings. The van der Waals surface area contributed by atoms with Crippen LogP contribution in [0.25, 0.3) is 0 Å². The smallest absolute Gasteiger partial charge is 0.420 e. The van der Waals surface area contributed by atoms with Crippen LogP contribution < -0.4 is 0 Å². The second-order valence-corrected chi connectivity index (χ2v) is 4.49. The standard InChI is InChI=1S/C10H9BrF4O.C2H6/c1-4(2)7-6(11)3-5(10(13,14)15)9(16)8(7)12;1-2/h3-4,16H,1-2H3;1-2H3. The predicted octanol–water partition coefficient (Wildman–Crippen LogP) is 5.46. The van der Waals surface area contributed by atoms with E-state index in [0.717, 1.165) is 0 Å². The minimum atomic E-state index is -4.77. The second-order valence-electron chi connectivity index (χ2n) is 3.63. The second kappa shape index (κ2) is 6.41. The van der Waals surface area contributed by atoms with Gasteiger partial charge in [-0.1, -0.05) is 43.6 Å². The minimum absolute atomic E-state index is 0.00475. The van der Waals surface area contributed by atoms with E-state index >= 15 is 0 Å². The third-order valence-electron chi connectivity index (χ3n) is 2.11. The molecule has 0 heterocycles. The zero-order chi connectivity index (χ0) is 14.7. The average Bonchev–Trinajstić information content (AvgIpc) is 2.24. The Labute approximate surface area is 112 Å². The molecule has 1 rings (SSSR count). The Kier molecular flexibility index (Phi) is 6.13. The fraction of sp³-hybridized carbons (Fsp3) is 0.500. The highest BCUT2D eigenvalue weighted by Gasteiger charge is 2.37. The van der Waals surface area contributed by atoms with Crippen molar-refractivity contribution in [3.05, 3.63) is 27.5 Å². The number of alkyl halides is 3. The van der Waals surface area contributed by atoms with Crippen molar-refractivity contribution in [1.82, 2.24) is 0 Å². The van der Waals surface area contributed by atoms with Gasteiger partial charge in [-0.15, -0.1) is 0 Å². The van der Waals surface area contributed by atoms with Gasteiger partial charge in [0.25, 0.3) is 0 Å². The van der Waals surface area contributed by atoms with Gasteiger partial charge in [0, 0.05) is 10.0 Å². The van der Waals surface area contributed by atoms with E-state index in [9.17, 15) is 22.7 Å². The lowest BCUT2D eigenvalue weighted by atomic mass is 10.00. The Balaban J connectivity index is 0.00000137. The summed E-state index contributed by atoms with van der Waals surface area (Å²) in [5, 5.41) is 9.17. The summed E-state index contributed by atoms with van der Waals surface area (Å²) in [6.45, 7) is 7.24. The molecule has 6 heteroatoms. The van der Waals surface area contributed by atoms with E-state index in [4.69, 9.17) is 0 Å². The van der Waals surface area contributed by atoms with Crippen LogP contribution in [0.3, 0.4) is 0 Å². The molecule has 1 N–H and O–H groups in total. The summed E-state index contributed by atoms with van der Waals surface area (Å²) in [7, 11) is 0. The number of phenols is 1. The summed E-state index contributed by atoms with van der Waals surface area (Å²) in [5.74, 6) is -2.90. The number of hydrogen-bond acceptors (Lipinski definition) is 1. The number of hydrogen-bond donors (Lipinski definition) is 1. The fourth-order valence-corrected chi connectivity index (χ4v) is 2.23. The zero-order valence-corrected chi connectivity index (χ0v) is 12.1. The van der Waals surface area contributed by atoms with Gasteiger partial charge in [-0.05, 0) is 12.0 Å². The molecule has 0 atom stereocenters. The van der Waals surface area contributed by atoms with Gasteiger partial charge in [-0.25, -0.2) is 4.39 Å². The number of halogens is 5. The summed E-state index contributed by atoms with van der Waals surface area (Å²) in [5.41, 5.74) is -1.34. The number of aromatic hydroxyl groups is 1. The van der Waals surface area contributed by atoms with Crippen LogP contribution in [0.4, 0.5) is 17.6 Å². The van der Waals surface area contributed by atoms with Gasteiger partial charge in [0.2, 0.25) is 0 Å². The molecule has 0 bridgehead atoms. The summed E-state index contributed by atoms with van der Waals surface area (Å²) in [6.07, 6.45) is -4.77. The summed E-state index contributed by atoms with van der Waals surface area (Å²) in [4.78, 5) is 0.